The van der Waals surface area contributed by atoms with Crippen LogP contribution in [-0.2, 0) is 6.42 Å². The largest absolute Gasteiger partial charge is 0.368 e. The molecule has 172 valence electrons. The van der Waals surface area contributed by atoms with Crippen molar-refractivity contribution in [1.82, 2.24) is 9.80 Å². The van der Waals surface area contributed by atoms with Crippen molar-refractivity contribution in [2.75, 3.05) is 44.7 Å². The molecule has 0 aromatic heterocycles. The average molecular weight is 452 g/mol. The molecule has 3 aliphatic heterocycles. The number of carbonyl (C=O) groups excluding carboxylic acids is 2. The lowest BCUT2D eigenvalue weighted by Crippen LogP contribution is -2.48. The maximum Gasteiger partial charge on any atom is 0.254 e. The van der Waals surface area contributed by atoms with Crippen LogP contribution in [0.5, 0.6) is 0 Å². The predicted octanol–water partition coefficient (Wildman–Crippen LogP) is 4.16. The number of ketones is 1. The van der Waals surface area contributed by atoms with Crippen molar-refractivity contribution in [3.63, 3.8) is 0 Å². The zero-order chi connectivity index (χ0) is 23.2. The number of amides is 1. The van der Waals surface area contributed by atoms with Gasteiger partial charge in [0.1, 0.15) is 0 Å². The molecule has 0 radical (unpaired) electrons. The van der Waals surface area contributed by atoms with Gasteiger partial charge in [0, 0.05) is 49.5 Å². The fraction of sp³-hybridized carbons (Fsp3) is 0.310. The zero-order valence-corrected chi connectivity index (χ0v) is 19.5. The maximum absolute atomic E-state index is 14.5. The van der Waals surface area contributed by atoms with Gasteiger partial charge in [0.2, 0.25) is 0 Å². The second-order valence-corrected chi connectivity index (χ2v) is 9.63. The van der Waals surface area contributed by atoms with Crippen molar-refractivity contribution in [2.45, 2.75) is 18.4 Å². The summed E-state index contributed by atoms with van der Waals surface area (Å²) >= 11 is 0. The van der Waals surface area contributed by atoms with E-state index < -0.39 is 5.92 Å². The number of hydrogen-bond donors (Lipinski definition) is 0. The minimum Gasteiger partial charge on any atom is -0.368 e. The lowest BCUT2D eigenvalue weighted by Gasteiger charge is -2.45. The molecule has 2 unspecified atom stereocenters. The molecule has 3 aromatic carbocycles. The fourth-order valence-electron chi connectivity index (χ4n) is 5.93. The molecule has 0 N–H and O–H groups in total. The standard InChI is InChI=1S/C29H29N3O2/c1-30-16-18-31(19-17-30)25-13-7-6-12-24(25)28(33)26-22-10-4-5-11-23(22)29(34)32-15-14-20-8-2-3-9-21(20)27(26)32/h2-13,26-27H,14-19H2,1H3. The van der Waals surface area contributed by atoms with Crippen LogP contribution in [-0.4, -0.2) is 61.3 Å². The third kappa shape index (κ3) is 3.34. The number of hydrogen-bond acceptors (Lipinski definition) is 4. The molecule has 1 fully saturated rings. The van der Waals surface area contributed by atoms with Crippen LogP contribution in [0.25, 0.3) is 0 Å². The van der Waals surface area contributed by atoms with E-state index in [0.717, 1.165) is 55.0 Å². The molecule has 3 heterocycles. The summed E-state index contributed by atoms with van der Waals surface area (Å²) in [6.45, 7) is 4.40. The second kappa shape index (κ2) is 8.41. The summed E-state index contributed by atoms with van der Waals surface area (Å²) in [6.07, 6.45) is 0.819. The van der Waals surface area contributed by atoms with E-state index in [0.29, 0.717) is 12.1 Å². The Labute approximate surface area is 200 Å². The molecule has 0 bridgehead atoms. The van der Waals surface area contributed by atoms with E-state index >= 15 is 0 Å². The number of anilines is 1. The number of piperazine rings is 1. The first-order chi connectivity index (χ1) is 16.6. The minimum atomic E-state index is -0.427. The first-order valence-corrected chi connectivity index (χ1v) is 12.2. The lowest BCUT2D eigenvalue weighted by molar-refractivity contribution is 0.0566. The van der Waals surface area contributed by atoms with E-state index in [1.54, 1.807) is 0 Å². The molecule has 0 aliphatic carbocycles. The summed E-state index contributed by atoms with van der Waals surface area (Å²) < 4.78 is 0. The maximum atomic E-state index is 14.5. The van der Waals surface area contributed by atoms with Crippen LogP contribution in [0.2, 0.25) is 0 Å². The highest BCUT2D eigenvalue weighted by Gasteiger charge is 2.46. The van der Waals surface area contributed by atoms with Gasteiger partial charge in [0.25, 0.3) is 5.91 Å². The summed E-state index contributed by atoms with van der Waals surface area (Å²) in [4.78, 5) is 34.6. The number of Topliss-reactive ketones (excluding diaryl/α,β-unsaturated/α-hetero) is 1. The van der Waals surface area contributed by atoms with Crippen LogP contribution in [0.4, 0.5) is 5.69 Å². The van der Waals surface area contributed by atoms with E-state index in [1.165, 1.54) is 5.56 Å². The van der Waals surface area contributed by atoms with Crippen molar-refractivity contribution in [3.8, 4) is 0 Å². The molecule has 0 saturated carbocycles. The van der Waals surface area contributed by atoms with Crippen molar-refractivity contribution in [3.05, 3.63) is 101 Å². The number of carbonyl (C=O) groups is 2. The molecule has 1 amide bonds. The highest BCUT2D eigenvalue weighted by atomic mass is 16.2. The zero-order valence-electron chi connectivity index (χ0n) is 19.5. The number of likely N-dealkylation sites (N-methyl/N-ethyl adjacent to an activating group) is 1. The van der Waals surface area contributed by atoms with Gasteiger partial charge >= 0.3 is 0 Å². The Morgan fingerprint density at radius 1 is 0.794 bits per heavy atom. The minimum absolute atomic E-state index is 0.0338. The molecule has 5 heteroatoms. The number of fused-ring (bicyclic) bond motifs is 4. The van der Waals surface area contributed by atoms with Crippen LogP contribution < -0.4 is 4.90 Å². The van der Waals surface area contributed by atoms with Crippen molar-refractivity contribution < 1.29 is 9.59 Å². The molecule has 34 heavy (non-hydrogen) atoms. The van der Waals surface area contributed by atoms with E-state index in [9.17, 15) is 9.59 Å². The van der Waals surface area contributed by atoms with Crippen molar-refractivity contribution >= 4 is 17.4 Å². The molecular formula is C29H29N3O2. The Morgan fingerprint density at radius 3 is 2.29 bits per heavy atom. The molecule has 3 aromatic rings. The number of nitrogens with zero attached hydrogens (tertiary/aromatic N) is 3. The van der Waals surface area contributed by atoms with Crippen molar-refractivity contribution in [2.24, 2.45) is 0 Å². The SMILES string of the molecule is CN1CCN(c2ccccc2C(=O)C2c3ccccc3C(=O)N3CCc4ccccc4C23)CC1. The normalized spacial score (nSPS) is 22.1. The Hall–Kier alpha value is -3.44. The highest BCUT2D eigenvalue weighted by molar-refractivity contribution is 6.09. The van der Waals surface area contributed by atoms with Gasteiger partial charge in [-0.25, -0.2) is 0 Å². The fourth-order valence-corrected chi connectivity index (χ4v) is 5.93. The van der Waals surface area contributed by atoms with E-state index in [4.69, 9.17) is 0 Å². The highest BCUT2D eigenvalue weighted by Crippen LogP contribution is 2.47. The quantitative estimate of drug-likeness (QED) is 0.561. The molecule has 1 saturated heterocycles. The van der Waals surface area contributed by atoms with Gasteiger partial charge in [-0.3, -0.25) is 9.59 Å². The number of benzene rings is 3. The van der Waals surface area contributed by atoms with Gasteiger partial charge in [0.05, 0.1) is 12.0 Å². The van der Waals surface area contributed by atoms with E-state index in [2.05, 4.69) is 35.0 Å². The Morgan fingerprint density at radius 2 is 1.47 bits per heavy atom. The first kappa shape index (κ1) is 21.1. The lowest BCUT2D eigenvalue weighted by atomic mass is 9.73. The molecule has 5 nitrogen and oxygen atoms in total. The van der Waals surface area contributed by atoms with Crippen LogP contribution >= 0.6 is 0 Å². The Kier molecular flexibility index (Phi) is 5.22. The summed E-state index contributed by atoms with van der Waals surface area (Å²) in [5, 5.41) is 0. The van der Waals surface area contributed by atoms with Crippen molar-refractivity contribution in [1.29, 1.82) is 0 Å². The molecule has 3 aliphatic rings. The van der Waals surface area contributed by atoms with Crippen LogP contribution in [0, 0.1) is 0 Å². The first-order valence-electron chi connectivity index (χ1n) is 12.2. The number of rotatable bonds is 3. The van der Waals surface area contributed by atoms with Gasteiger partial charge in [-0.2, -0.15) is 0 Å². The third-order valence-electron chi connectivity index (χ3n) is 7.73. The number of para-hydroxylation sites is 1. The topological polar surface area (TPSA) is 43.9 Å². The smallest absolute Gasteiger partial charge is 0.254 e. The predicted molar refractivity (Wildman–Crippen MR) is 134 cm³/mol. The summed E-state index contributed by atoms with van der Waals surface area (Å²) in [6, 6.07) is 23.7. The van der Waals surface area contributed by atoms with Gasteiger partial charge in [-0.15, -0.1) is 0 Å². The molecule has 2 atom stereocenters. The summed E-state index contributed by atoms with van der Waals surface area (Å²) in [5.74, 6) is -0.295. The Bertz CT molecular complexity index is 1260. The van der Waals surface area contributed by atoms with Crippen LogP contribution in [0.3, 0.4) is 0 Å². The monoisotopic (exact) mass is 451 g/mol. The molecule has 0 spiro atoms. The van der Waals surface area contributed by atoms with Crippen LogP contribution in [0.15, 0.2) is 72.8 Å². The third-order valence-corrected chi connectivity index (χ3v) is 7.73. The van der Waals surface area contributed by atoms with Gasteiger partial charge in [-0.05, 0) is 48.4 Å². The van der Waals surface area contributed by atoms with Gasteiger partial charge < -0.3 is 14.7 Å². The summed E-state index contributed by atoms with van der Waals surface area (Å²) in [7, 11) is 2.14. The average Bonchev–Trinajstić information content (AvgIpc) is 2.89. The van der Waals surface area contributed by atoms with Crippen LogP contribution in [0.1, 0.15) is 49.4 Å². The van der Waals surface area contributed by atoms with E-state index in [1.807, 2.05) is 59.5 Å². The molecular weight excluding hydrogens is 422 g/mol. The second-order valence-electron chi connectivity index (χ2n) is 9.63. The van der Waals surface area contributed by atoms with E-state index in [-0.39, 0.29) is 17.7 Å². The summed E-state index contributed by atoms with van der Waals surface area (Å²) in [5.41, 5.74) is 5.61. The molecule has 6 rings (SSSR count). The van der Waals surface area contributed by atoms with Gasteiger partial charge in [0.15, 0.2) is 5.78 Å². The van der Waals surface area contributed by atoms with Gasteiger partial charge in [-0.1, -0.05) is 54.6 Å². The Balaban J connectivity index is 1.49.